The fourth-order valence-electron chi connectivity index (χ4n) is 3.12. The van der Waals surface area contributed by atoms with Gasteiger partial charge in [-0.15, -0.1) is 0 Å². The van der Waals surface area contributed by atoms with E-state index in [4.69, 9.17) is 26.1 Å². The highest BCUT2D eigenvalue weighted by Gasteiger charge is 2.15. The number of hydrogen-bond donors (Lipinski definition) is 0. The van der Waals surface area contributed by atoms with Crippen LogP contribution in [0.2, 0.25) is 5.02 Å². The standard InChI is InChI=1S/C21H18ClN3O2/c1-13-10-18(14-4-7-16(22)8-5-14)25-21(24-13)17(12-23-25)15-6-9-19(26-2)20(11-15)27-3/h4-12H,1-3H3. The first-order valence-corrected chi connectivity index (χ1v) is 8.82. The minimum atomic E-state index is 0.667. The van der Waals surface area contributed by atoms with E-state index in [1.54, 1.807) is 14.2 Å². The lowest BCUT2D eigenvalue weighted by Gasteiger charge is -2.10. The third-order valence-corrected chi connectivity index (χ3v) is 4.69. The molecule has 0 aliphatic heterocycles. The Balaban J connectivity index is 1.91. The van der Waals surface area contributed by atoms with Crippen LogP contribution in [0.3, 0.4) is 0 Å². The minimum absolute atomic E-state index is 0.667. The summed E-state index contributed by atoms with van der Waals surface area (Å²) >= 11 is 6.03. The maximum Gasteiger partial charge on any atom is 0.163 e. The Morgan fingerprint density at radius 2 is 1.59 bits per heavy atom. The van der Waals surface area contributed by atoms with E-state index in [0.717, 1.165) is 33.7 Å². The third-order valence-electron chi connectivity index (χ3n) is 4.43. The predicted octanol–water partition coefficient (Wildman–Crippen LogP) is 5.04. The van der Waals surface area contributed by atoms with Crippen molar-refractivity contribution in [2.75, 3.05) is 14.2 Å². The summed E-state index contributed by atoms with van der Waals surface area (Å²) in [5, 5.41) is 5.28. The Kier molecular flexibility index (Phi) is 4.46. The number of aryl methyl sites for hydroxylation is 1. The zero-order valence-corrected chi connectivity index (χ0v) is 16.0. The molecule has 0 bridgehead atoms. The number of ether oxygens (including phenoxy) is 2. The van der Waals surface area contributed by atoms with Gasteiger partial charge in [-0.2, -0.15) is 5.10 Å². The third kappa shape index (κ3) is 3.11. The Bertz CT molecular complexity index is 1120. The molecule has 0 aliphatic rings. The molecule has 0 amide bonds. The molecule has 4 rings (SSSR count). The molecule has 27 heavy (non-hydrogen) atoms. The number of fused-ring (bicyclic) bond motifs is 1. The highest BCUT2D eigenvalue weighted by molar-refractivity contribution is 6.30. The Hall–Kier alpha value is -3.05. The van der Waals surface area contributed by atoms with Crippen molar-refractivity contribution in [3.05, 3.63) is 65.4 Å². The van der Waals surface area contributed by atoms with E-state index in [1.165, 1.54) is 0 Å². The van der Waals surface area contributed by atoms with E-state index >= 15 is 0 Å². The average Bonchev–Trinajstić information content (AvgIpc) is 3.11. The number of methoxy groups -OCH3 is 2. The van der Waals surface area contributed by atoms with Gasteiger partial charge in [0.15, 0.2) is 17.1 Å². The van der Waals surface area contributed by atoms with Crippen LogP contribution in [0.15, 0.2) is 54.7 Å². The van der Waals surface area contributed by atoms with Crippen LogP contribution < -0.4 is 9.47 Å². The van der Waals surface area contributed by atoms with E-state index in [1.807, 2.05) is 66.2 Å². The van der Waals surface area contributed by atoms with E-state index in [0.29, 0.717) is 16.5 Å². The number of halogens is 1. The second kappa shape index (κ2) is 6.93. The van der Waals surface area contributed by atoms with Gasteiger partial charge in [-0.05, 0) is 42.8 Å². The van der Waals surface area contributed by atoms with Crippen LogP contribution in [0.25, 0.3) is 28.0 Å². The van der Waals surface area contributed by atoms with Crippen molar-refractivity contribution in [3.63, 3.8) is 0 Å². The Morgan fingerprint density at radius 1 is 0.889 bits per heavy atom. The summed E-state index contributed by atoms with van der Waals surface area (Å²) in [7, 11) is 3.24. The zero-order chi connectivity index (χ0) is 19.0. The lowest BCUT2D eigenvalue weighted by molar-refractivity contribution is 0.355. The van der Waals surface area contributed by atoms with E-state index in [-0.39, 0.29) is 0 Å². The first-order chi connectivity index (χ1) is 13.1. The van der Waals surface area contributed by atoms with Crippen LogP contribution in [-0.4, -0.2) is 28.8 Å². The van der Waals surface area contributed by atoms with Gasteiger partial charge in [0.25, 0.3) is 0 Å². The fourth-order valence-corrected chi connectivity index (χ4v) is 3.24. The number of nitrogens with zero attached hydrogens (tertiary/aromatic N) is 3. The quantitative estimate of drug-likeness (QED) is 0.498. The van der Waals surface area contributed by atoms with Crippen molar-refractivity contribution < 1.29 is 9.47 Å². The monoisotopic (exact) mass is 379 g/mol. The van der Waals surface area contributed by atoms with Crippen LogP contribution in [0.5, 0.6) is 11.5 Å². The Labute approximate surface area is 162 Å². The van der Waals surface area contributed by atoms with Crippen LogP contribution >= 0.6 is 11.6 Å². The number of aromatic nitrogens is 3. The fraction of sp³-hybridized carbons (Fsp3) is 0.143. The SMILES string of the molecule is COc1ccc(-c2cnn3c(-c4ccc(Cl)cc4)cc(C)nc23)cc1OC. The molecule has 0 spiro atoms. The number of benzene rings is 2. The van der Waals surface area contributed by atoms with Crippen molar-refractivity contribution >= 4 is 17.2 Å². The van der Waals surface area contributed by atoms with Gasteiger partial charge < -0.3 is 9.47 Å². The van der Waals surface area contributed by atoms with Crippen LogP contribution in [-0.2, 0) is 0 Å². The lowest BCUT2D eigenvalue weighted by Crippen LogP contribution is -1.98. The normalized spacial score (nSPS) is 11.0. The van der Waals surface area contributed by atoms with E-state index in [2.05, 4.69) is 5.10 Å². The summed E-state index contributed by atoms with van der Waals surface area (Å²) in [6.07, 6.45) is 1.82. The largest absolute Gasteiger partial charge is 0.493 e. The van der Waals surface area contributed by atoms with E-state index < -0.39 is 0 Å². The molecule has 0 N–H and O–H groups in total. The molecule has 6 heteroatoms. The summed E-state index contributed by atoms with van der Waals surface area (Å²) < 4.78 is 12.6. The molecule has 0 saturated carbocycles. The lowest BCUT2D eigenvalue weighted by atomic mass is 10.1. The topological polar surface area (TPSA) is 48.7 Å². The molecular weight excluding hydrogens is 362 g/mol. The molecule has 0 fully saturated rings. The molecule has 0 radical (unpaired) electrons. The van der Waals surface area contributed by atoms with Gasteiger partial charge in [-0.1, -0.05) is 29.8 Å². The maximum absolute atomic E-state index is 6.03. The zero-order valence-electron chi connectivity index (χ0n) is 15.2. The molecule has 0 saturated heterocycles. The first-order valence-electron chi connectivity index (χ1n) is 8.44. The Morgan fingerprint density at radius 3 is 2.30 bits per heavy atom. The molecule has 136 valence electrons. The van der Waals surface area contributed by atoms with Crippen molar-refractivity contribution in [2.45, 2.75) is 6.92 Å². The molecule has 2 heterocycles. The van der Waals surface area contributed by atoms with Gasteiger partial charge in [-0.3, -0.25) is 0 Å². The summed E-state index contributed by atoms with van der Waals surface area (Å²) in [6, 6.07) is 15.5. The highest BCUT2D eigenvalue weighted by Crippen LogP contribution is 2.34. The molecule has 0 atom stereocenters. The molecule has 4 aromatic rings. The highest BCUT2D eigenvalue weighted by atomic mass is 35.5. The molecule has 2 aromatic carbocycles. The second-order valence-corrected chi connectivity index (χ2v) is 6.59. The molecule has 0 unspecified atom stereocenters. The maximum atomic E-state index is 6.03. The van der Waals surface area contributed by atoms with E-state index in [9.17, 15) is 0 Å². The summed E-state index contributed by atoms with van der Waals surface area (Å²) in [6.45, 7) is 1.98. The van der Waals surface area contributed by atoms with Crippen LogP contribution in [0.4, 0.5) is 0 Å². The predicted molar refractivity (Wildman–Crippen MR) is 107 cm³/mol. The molecule has 2 aromatic heterocycles. The van der Waals surface area contributed by atoms with Gasteiger partial charge in [-0.25, -0.2) is 9.50 Å². The molecular formula is C21H18ClN3O2. The molecule has 5 nitrogen and oxygen atoms in total. The van der Waals surface area contributed by atoms with Crippen LogP contribution in [0.1, 0.15) is 5.69 Å². The van der Waals surface area contributed by atoms with Crippen molar-refractivity contribution in [2.24, 2.45) is 0 Å². The smallest absolute Gasteiger partial charge is 0.163 e. The first kappa shape index (κ1) is 17.4. The van der Waals surface area contributed by atoms with Crippen molar-refractivity contribution in [1.82, 2.24) is 14.6 Å². The van der Waals surface area contributed by atoms with Gasteiger partial charge in [0, 0.05) is 21.8 Å². The average molecular weight is 380 g/mol. The summed E-state index contributed by atoms with van der Waals surface area (Å²) in [5.41, 5.74) is 5.57. The van der Waals surface area contributed by atoms with Gasteiger partial charge in [0.05, 0.1) is 26.1 Å². The van der Waals surface area contributed by atoms with Crippen molar-refractivity contribution in [3.8, 4) is 33.9 Å². The molecule has 0 aliphatic carbocycles. The summed E-state index contributed by atoms with van der Waals surface area (Å²) in [5.74, 6) is 1.35. The van der Waals surface area contributed by atoms with Crippen LogP contribution in [0, 0.1) is 6.92 Å². The van der Waals surface area contributed by atoms with Crippen molar-refractivity contribution in [1.29, 1.82) is 0 Å². The number of rotatable bonds is 4. The van der Waals surface area contributed by atoms with Gasteiger partial charge >= 0.3 is 0 Å². The number of hydrogen-bond acceptors (Lipinski definition) is 4. The van der Waals surface area contributed by atoms with Gasteiger partial charge in [0.1, 0.15) is 0 Å². The van der Waals surface area contributed by atoms with Gasteiger partial charge in [0.2, 0.25) is 0 Å². The minimum Gasteiger partial charge on any atom is -0.493 e. The summed E-state index contributed by atoms with van der Waals surface area (Å²) in [4.78, 5) is 4.72. The second-order valence-electron chi connectivity index (χ2n) is 6.15.